The molecule has 0 aromatic heterocycles. The third-order valence-corrected chi connectivity index (χ3v) is 4.73. The summed E-state index contributed by atoms with van der Waals surface area (Å²) in [6.45, 7) is 3.72. The second-order valence-corrected chi connectivity index (χ2v) is 6.77. The number of anilines is 1. The first-order valence-electron chi connectivity index (χ1n) is 8.65. The number of ketones is 1. The molecule has 1 fully saturated rings. The van der Waals surface area contributed by atoms with E-state index in [1.807, 2.05) is 0 Å². The maximum absolute atomic E-state index is 13.0. The molecule has 0 radical (unpaired) electrons. The first-order valence-corrected chi connectivity index (χ1v) is 9.03. The lowest BCUT2D eigenvalue weighted by Gasteiger charge is -2.36. The average Bonchev–Trinajstić information content (AvgIpc) is 2.67. The molecule has 1 aliphatic rings. The Morgan fingerprint density at radius 1 is 1.07 bits per heavy atom. The fourth-order valence-corrected chi connectivity index (χ4v) is 3.17. The number of hydrogen-bond acceptors (Lipinski definition) is 4. The van der Waals surface area contributed by atoms with E-state index in [4.69, 9.17) is 16.3 Å². The molecule has 1 amide bonds. The van der Waals surface area contributed by atoms with Crippen LogP contribution in [0, 0.1) is 5.82 Å². The van der Waals surface area contributed by atoms with Crippen LogP contribution in [0.3, 0.4) is 0 Å². The average molecular weight is 391 g/mol. The molecular weight excluding hydrogens is 371 g/mol. The molecule has 0 saturated carbocycles. The standard InChI is InChI=1S/C20H20ClFN2O3/c1-14(25)18-12-15(21)2-7-19(18)27-13-20(26)24-10-8-23(9-11-24)17-5-3-16(22)4-6-17/h2-7,12H,8-11,13H2,1H3. The van der Waals surface area contributed by atoms with Crippen LogP contribution in [0.15, 0.2) is 42.5 Å². The predicted molar refractivity (Wildman–Crippen MR) is 102 cm³/mol. The number of hydrogen-bond donors (Lipinski definition) is 0. The predicted octanol–water partition coefficient (Wildman–Crippen LogP) is 3.41. The van der Waals surface area contributed by atoms with Crippen LogP contribution in [0.5, 0.6) is 5.75 Å². The summed E-state index contributed by atoms with van der Waals surface area (Å²) < 4.78 is 18.6. The molecule has 5 nitrogen and oxygen atoms in total. The summed E-state index contributed by atoms with van der Waals surface area (Å²) in [5, 5.41) is 0.441. The summed E-state index contributed by atoms with van der Waals surface area (Å²) in [6.07, 6.45) is 0. The molecule has 142 valence electrons. The Balaban J connectivity index is 1.54. The Hall–Kier alpha value is -2.60. The highest BCUT2D eigenvalue weighted by atomic mass is 35.5. The summed E-state index contributed by atoms with van der Waals surface area (Å²) in [5.41, 5.74) is 1.29. The number of nitrogens with zero attached hydrogens (tertiary/aromatic N) is 2. The first-order chi connectivity index (χ1) is 12.9. The molecule has 2 aromatic carbocycles. The SMILES string of the molecule is CC(=O)c1cc(Cl)ccc1OCC(=O)N1CCN(c2ccc(F)cc2)CC1. The molecule has 0 aliphatic carbocycles. The van der Waals surface area contributed by atoms with Crippen molar-refractivity contribution < 1.29 is 18.7 Å². The van der Waals surface area contributed by atoms with Crippen LogP contribution >= 0.6 is 11.6 Å². The van der Waals surface area contributed by atoms with E-state index in [2.05, 4.69) is 4.90 Å². The van der Waals surface area contributed by atoms with Gasteiger partial charge in [0.25, 0.3) is 5.91 Å². The topological polar surface area (TPSA) is 49.9 Å². The van der Waals surface area contributed by atoms with E-state index in [-0.39, 0.29) is 24.1 Å². The second kappa shape index (κ2) is 8.39. The Bertz CT molecular complexity index is 834. The van der Waals surface area contributed by atoms with Crippen LogP contribution in [0.2, 0.25) is 5.02 Å². The fraction of sp³-hybridized carbons (Fsp3) is 0.300. The van der Waals surface area contributed by atoms with E-state index in [1.54, 1.807) is 29.2 Å². The van der Waals surface area contributed by atoms with Crippen molar-refractivity contribution in [1.29, 1.82) is 0 Å². The number of carbonyl (C=O) groups is 2. The van der Waals surface area contributed by atoms with Crippen molar-refractivity contribution in [3.63, 3.8) is 0 Å². The minimum atomic E-state index is -0.267. The molecule has 0 unspecified atom stereocenters. The third kappa shape index (κ3) is 4.77. The number of piperazine rings is 1. The number of halogens is 2. The van der Waals surface area contributed by atoms with Gasteiger partial charge in [0, 0.05) is 36.9 Å². The molecule has 1 saturated heterocycles. The second-order valence-electron chi connectivity index (χ2n) is 6.33. The van der Waals surface area contributed by atoms with Crippen LogP contribution in [0.4, 0.5) is 10.1 Å². The van der Waals surface area contributed by atoms with Gasteiger partial charge < -0.3 is 14.5 Å². The van der Waals surface area contributed by atoms with Crippen molar-refractivity contribution in [3.8, 4) is 5.75 Å². The molecule has 27 heavy (non-hydrogen) atoms. The van der Waals surface area contributed by atoms with Crippen molar-refractivity contribution >= 4 is 29.0 Å². The van der Waals surface area contributed by atoms with Crippen molar-refractivity contribution in [3.05, 3.63) is 58.9 Å². The maximum atomic E-state index is 13.0. The van der Waals surface area contributed by atoms with Gasteiger partial charge in [-0.2, -0.15) is 0 Å². The normalized spacial score (nSPS) is 14.2. The minimum Gasteiger partial charge on any atom is -0.483 e. The molecule has 7 heteroatoms. The lowest BCUT2D eigenvalue weighted by Crippen LogP contribution is -2.50. The van der Waals surface area contributed by atoms with Crippen LogP contribution in [0.1, 0.15) is 17.3 Å². The largest absolute Gasteiger partial charge is 0.483 e. The zero-order valence-electron chi connectivity index (χ0n) is 15.0. The van der Waals surface area contributed by atoms with Gasteiger partial charge in [0.2, 0.25) is 0 Å². The lowest BCUT2D eigenvalue weighted by molar-refractivity contribution is -0.133. The van der Waals surface area contributed by atoms with Gasteiger partial charge >= 0.3 is 0 Å². The van der Waals surface area contributed by atoms with Crippen LogP contribution in [-0.2, 0) is 4.79 Å². The first kappa shape index (κ1) is 19.2. The van der Waals surface area contributed by atoms with E-state index < -0.39 is 0 Å². The molecule has 2 aromatic rings. The molecule has 0 atom stereocenters. The van der Waals surface area contributed by atoms with Gasteiger partial charge in [-0.15, -0.1) is 0 Å². The fourth-order valence-electron chi connectivity index (χ4n) is 3.00. The van der Waals surface area contributed by atoms with Crippen molar-refractivity contribution in [2.75, 3.05) is 37.7 Å². The smallest absolute Gasteiger partial charge is 0.260 e. The Labute approximate surface area is 162 Å². The van der Waals surface area contributed by atoms with Crippen molar-refractivity contribution in [1.82, 2.24) is 4.90 Å². The number of benzene rings is 2. The maximum Gasteiger partial charge on any atom is 0.260 e. The van der Waals surface area contributed by atoms with E-state index in [9.17, 15) is 14.0 Å². The Kier molecular flexibility index (Phi) is 5.96. The Morgan fingerprint density at radius 3 is 2.37 bits per heavy atom. The zero-order valence-corrected chi connectivity index (χ0v) is 15.7. The number of ether oxygens (including phenoxy) is 1. The third-order valence-electron chi connectivity index (χ3n) is 4.50. The molecule has 0 spiro atoms. The van der Waals surface area contributed by atoms with E-state index >= 15 is 0 Å². The van der Waals surface area contributed by atoms with E-state index in [1.165, 1.54) is 25.1 Å². The van der Waals surface area contributed by atoms with Crippen molar-refractivity contribution in [2.45, 2.75) is 6.92 Å². The van der Waals surface area contributed by atoms with Gasteiger partial charge in [0.15, 0.2) is 12.4 Å². The van der Waals surface area contributed by atoms with Gasteiger partial charge in [-0.05, 0) is 49.4 Å². The molecule has 0 N–H and O–H groups in total. The van der Waals surface area contributed by atoms with Gasteiger partial charge in [-0.3, -0.25) is 9.59 Å². The highest BCUT2D eigenvalue weighted by Gasteiger charge is 2.22. The molecule has 1 heterocycles. The lowest BCUT2D eigenvalue weighted by atomic mass is 10.1. The number of carbonyl (C=O) groups excluding carboxylic acids is 2. The zero-order chi connectivity index (χ0) is 19.4. The van der Waals surface area contributed by atoms with Gasteiger partial charge in [0.05, 0.1) is 5.56 Å². The van der Waals surface area contributed by atoms with Gasteiger partial charge in [-0.25, -0.2) is 4.39 Å². The van der Waals surface area contributed by atoms with Crippen LogP contribution in [0.25, 0.3) is 0 Å². The van der Waals surface area contributed by atoms with E-state index in [0.717, 1.165) is 5.69 Å². The molecule has 3 rings (SSSR count). The van der Waals surface area contributed by atoms with Gasteiger partial charge in [-0.1, -0.05) is 11.6 Å². The van der Waals surface area contributed by atoms with Crippen LogP contribution < -0.4 is 9.64 Å². The van der Waals surface area contributed by atoms with Gasteiger partial charge in [0.1, 0.15) is 11.6 Å². The van der Waals surface area contributed by atoms with Crippen molar-refractivity contribution in [2.24, 2.45) is 0 Å². The molecule has 0 bridgehead atoms. The van der Waals surface area contributed by atoms with E-state index in [0.29, 0.717) is 42.5 Å². The number of Topliss-reactive ketones (excluding diaryl/α,β-unsaturated/α-hetero) is 1. The quantitative estimate of drug-likeness (QED) is 0.734. The monoisotopic (exact) mass is 390 g/mol. The summed E-state index contributed by atoms with van der Waals surface area (Å²) in [6, 6.07) is 11.1. The molecule has 1 aliphatic heterocycles. The minimum absolute atomic E-state index is 0.140. The Morgan fingerprint density at radius 2 is 1.74 bits per heavy atom. The molecular formula is C20H20ClFN2O3. The number of rotatable bonds is 5. The highest BCUT2D eigenvalue weighted by Crippen LogP contribution is 2.23. The summed E-state index contributed by atoms with van der Waals surface area (Å²) >= 11 is 5.91. The van der Waals surface area contributed by atoms with Crippen LogP contribution in [-0.4, -0.2) is 49.4 Å². The highest BCUT2D eigenvalue weighted by molar-refractivity contribution is 6.31. The summed E-state index contributed by atoms with van der Waals surface area (Å²) in [5.74, 6) is -0.229. The summed E-state index contributed by atoms with van der Waals surface area (Å²) in [7, 11) is 0. The number of amides is 1. The summed E-state index contributed by atoms with van der Waals surface area (Å²) in [4.78, 5) is 28.0.